The van der Waals surface area contributed by atoms with E-state index in [1.807, 2.05) is 0 Å². The lowest BCUT2D eigenvalue weighted by molar-refractivity contribution is 0.299. The molecule has 0 unspecified atom stereocenters. The minimum absolute atomic E-state index is 0.117. The third-order valence-electron chi connectivity index (χ3n) is 3.11. The van der Waals surface area contributed by atoms with Gasteiger partial charge < -0.3 is 15.3 Å². The van der Waals surface area contributed by atoms with Gasteiger partial charge in [0.15, 0.2) is 0 Å². The summed E-state index contributed by atoms with van der Waals surface area (Å²) in [6, 6.07) is 6.78. The van der Waals surface area contributed by atoms with Crippen molar-refractivity contribution in [3.8, 4) is 0 Å². The number of nitrogens with zero attached hydrogens (tertiary/aromatic N) is 1. The number of aliphatic hydroxyl groups excluding tert-OH is 1. The molecule has 0 bridgehead atoms. The molecule has 0 saturated carbocycles. The maximum atomic E-state index is 9.20. The summed E-state index contributed by atoms with van der Waals surface area (Å²) < 4.78 is 1.08. The molecule has 0 amide bonds. The van der Waals surface area contributed by atoms with Crippen molar-refractivity contribution in [1.82, 2.24) is 5.32 Å². The van der Waals surface area contributed by atoms with Crippen molar-refractivity contribution in [2.75, 3.05) is 18.1 Å². The molecule has 1 aromatic carbocycles. The van der Waals surface area contributed by atoms with Crippen LogP contribution in [0.15, 0.2) is 22.7 Å². The molecule has 20 heavy (non-hydrogen) atoms. The summed E-state index contributed by atoms with van der Waals surface area (Å²) in [5, 5.41) is 12.7. The summed E-state index contributed by atoms with van der Waals surface area (Å²) >= 11 is 3.66. The van der Waals surface area contributed by atoms with Crippen molar-refractivity contribution in [1.29, 1.82) is 0 Å². The lowest BCUT2D eigenvalue weighted by atomic mass is 10.1. The summed E-state index contributed by atoms with van der Waals surface area (Å²) in [6.07, 6.45) is 0. The Bertz CT molecular complexity index is 427. The topological polar surface area (TPSA) is 35.5 Å². The molecule has 0 spiro atoms. The fourth-order valence-electron chi connectivity index (χ4n) is 2.03. The van der Waals surface area contributed by atoms with E-state index in [9.17, 15) is 5.11 Å². The van der Waals surface area contributed by atoms with Crippen LogP contribution < -0.4 is 10.2 Å². The molecule has 3 nitrogen and oxygen atoms in total. The van der Waals surface area contributed by atoms with Gasteiger partial charge in [0.2, 0.25) is 0 Å². The summed E-state index contributed by atoms with van der Waals surface area (Å²) in [4.78, 5) is 2.20. The van der Waals surface area contributed by atoms with Gasteiger partial charge in [-0.05, 0) is 68.2 Å². The molecular formula is C16H27BrN2O. The molecular weight excluding hydrogens is 316 g/mol. The second-order valence-electron chi connectivity index (χ2n) is 6.40. The van der Waals surface area contributed by atoms with E-state index in [4.69, 9.17) is 0 Å². The summed E-state index contributed by atoms with van der Waals surface area (Å²) in [7, 11) is 0. The van der Waals surface area contributed by atoms with Gasteiger partial charge in [-0.2, -0.15) is 0 Å². The average Bonchev–Trinajstić information content (AvgIpc) is 2.33. The van der Waals surface area contributed by atoms with Gasteiger partial charge in [0, 0.05) is 29.1 Å². The Balaban J connectivity index is 2.86. The predicted octanol–water partition coefficient (Wildman–Crippen LogP) is 3.54. The van der Waals surface area contributed by atoms with Gasteiger partial charge in [0.05, 0.1) is 12.3 Å². The molecule has 0 atom stereocenters. The molecule has 0 aliphatic carbocycles. The lowest BCUT2D eigenvalue weighted by Crippen LogP contribution is -2.35. The van der Waals surface area contributed by atoms with E-state index in [2.05, 4.69) is 79.0 Å². The number of nitrogens with one attached hydrogen (secondary N) is 1. The van der Waals surface area contributed by atoms with Crippen LogP contribution in [0.3, 0.4) is 0 Å². The number of halogens is 1. The van der Waals surface area contributed by atoms with E-state index in [0.29, 0.717) is 12.6 Å². The third-order valence-corrected chi connectivity index (χ3v) is 3.74. The maximum Gasteiger partial charge on any atom is 0.0606 e. The molecule has 0 fully saturated rings. The first-order valence-corrected chi connectivity index (χ1v) is 7.95. The van der Waals surface area contributed by atoms with Crippen molar-refractivity contribution in [2.45, 2.75) is 52.7 Å². The minimum Gasteiger partial charge on any atom is -0.395 e. The first-order valence-electron chi connectivity index (χ1n) is 7.15. The number of aliphatic hydroxyl groups is 1. The van der Waals surface area contributed by atoms with E-state index in [1.165, 1.54) is 5.56 Å². The lowest BCUT2D eigenvalue weighted by Gasteiger charge is -2.29. The van der Waals surface area contributed by atoms with Crippen molar-refractivity contribution in [2.24, 2.45) is 0 Å². The van der Waals surface area contributed by atoms with Gasteiger partial charge in [-0.25, -0.2) is 0 Å². The standard InChI is InChI=1S/C16H27BrN2O/c1-12(2)19(8-9-20)15-7-6-13(10-14(15)17)11-18-16(3,4)5/h6-7,10,12,18,20H,8-9,11H2,1-5H3. The molecule has 0 aromatic heterocycles. The Kier molecular flexibility index (Phi) is 6.49. The Labute approximate surface area is 131 Å². The second-order valence-corrected chi connectivity index (χ2v) is 7.25. The van der Waals surface area contributed by atoms with Crippen LogP contribution in [0.2, 0.25) is 0 Å². The first kappa shape index (κ1) is 17.5. The molecule has 1 rings (SSSR count). The molecule has 0 heterocycles. The highest BCUT2D eigenvalue weighted by Gasteiger charge is 2.14. The van der Waals surface area contributed by atoms with Crippen LogP contribution in [-0.2, 0) is 6.54 Å². The third kappa shape index (κ3) is 5.43. The summed E-state index contributed by atoms with van der Waals surface area (Å²) in [5.74, 6) is 0. The molecule has 0 aliphatic rings. The van der Waals surface area contributed by atoms with Gasteiger partial charge in [-0.1, -0.05) is 6.07 Å². The Morgan fingerprint density at radius 2 is 1.95 bits per heavy atom. The highest BCUT2D eigenvalue weighted by molar-refractivity contribution is 9.10. The zero-order valence-corrected chi connectivity index (χ0v) is 14.8. The van der Waals surface area contributed by atoms with Crippen LogP contribution in [-0.4, -0.2) is 29.8 Å². The highest BCUT2D eigenvalue weighted by atomic mass is 79.9. The molecule has 0 radical (unpaired) electrons. The fraction of sp³-hybridized carbons (Fsp3) is 0.625. The van der Waals surface area contributed by atoms with Crippen LogP contribution in [0.1, 0.15) is 40.2 Å². The van der Waals surface area contributed by atoms with Crippen molar-refractivity contribution < 1.29 is 5.11 Å². The predicted molar refractivity (Wildman–Crippen MR) is 90.3 cm³/mol. The zero-order valence-electron chi connectivity index (χ0n) is 13.2. The van der Waals surface area contributed by atoms with Gasteiger partial charge in [-0.3, -0.25) is 0 Å². The van der Waals surface area contributed by atoms with Gasteiger partial charge in [0.1, 0.15) is 0 Å². The van der Waals surface area contributed by atoms with Crippen LogP contribution in [0.5, 0.6) is 0 Å². The maximum absolute atomic E-state index is 9.20. The molecule has 0 saturated heterocycles. The molecule has 114 valence electrons. The van der Waals surface area contributed by atoms with E-state index in [-0.39, 0.29) is 12.1 Å². The Morgan fingerprint density at radius 1 is 1.30 bits per heavy atom. The average molecular weight is 343 g/mol. The smallest absolute Gasteiger partial charge is 0.0606 e. The van der Waals surface area contributed by atoms with E-state index >= 15 is 0 Å². The van der Waals surface area contributed by atoms with Gasteiger partial charge in [-0.15, -0.1) is 0 Å². The van der Waals surface area contributed by atoms with Gasteiger partial charge >= 0.3 is 0 Å². The molecule has 1 aromatic rings. The van der Waals surface area contributed by atoms with Crippen LogP contribution in [0.25, 0.3) is 0 Å². The number of rotatable bonds is 6. The largest absolute Gasteiger partial charge is 0.395 e. The van der Waals surface area contributed by atoms with Crippen LogP contribution in [0.4, 0.5) is 5.69 Å². The number of benzene rings is 1. The minimum atomic E-state index is 0.117. The van der Waals surface area contributed by atoms with E-state index in [1.54, 1.807) is 0 Å². The first-order chi connectivity index (χ1) is 9.24. The monoisotopic (exact) mass is 342 g/mol. The summed E-state index contributed by atoms with van der Waals surface area (Å²) in [6.45, 7) is 12.4. The van der Waals surface area contributed by atoms with Gasteiger partial charge in [0.25, 0.3) is 0 Å². The Morgan fingerprint density at radius 3 is 2.40 bits per heavy atom. The quantitative estimate of drug-likeness (QED) is 0.829. The highest BCUT2D eigenvalue weighted by Crippen LogP contribution is 2.28. The second kappa shape index (κ2) is 7.43. The number of anilines is 1. The van der Waals surface area contributed by atoms with Crippen molar-refractivity contribution >= 4 is 21.6 Å². The normalized spacial score (nSPS) is 12.0. The summed E-state index contributed by atoms with van der Waals surface area (Å²) in [5.41, 5.74) is 2.50. The number of hydrogen-bond donors (Lipinski definition) is 2. The zero-order chi connectivity index (χ0) is 15.3. The van der Waals surface area contributed by atoms with Crippen LogP contribution in [0, 0.1) is 0 Å². The fourth-order valence-corrected chi connectivity index (χ4v) is 2.68. The SMILES string of the molecule is CC(C)N(CCO)c1ccc(CNC(C)(C)C)cc1Br. The number of hydrogen-bond acceptors (Lipinski definition) is 3. The van der Waals surface area contributed by atoms with Crippen molar-refractivity contribution in [3.63, 3.8) is 0 Å². The molecule has 4 heteroatoms. The molecule has 2 N–H and O–H groups in total. The van der Waals surface area contributed by atoms with Crippen LogP contribution >= 0.6 is 15.9 Å². The Hall–Kier alpha value is -0.580. The van der Waals surface area contributed by atoms with E-state index < -0.39 is 0 Å². The van der Waals surface area contributed by atoms with Crippen molar-refractivity contribution in [3.05, 3.63) is 28.2 Å². The van der Waals surface area contributed by atoms with E-state index in [0.717, 1.165) is 16.7 Å². The molecule has 0 aliphatic heterocycles.